The minimum absolute atomic E-state index is 0.203. The van der Waals surface area contributed by atoms with Crippen molar-refractivity contribution in [2.45, 2.75) is 6.54 Å². The third-order valence-electron chi connectivity index (χ3n) is 4.59. The van der Waals surface area contributed by atoms with Crippen LogP contribution in [0.4, 0.5) is 0 Å². The number of fused-ring (bicyclic) bond motifs is 1. The summed E-state index contributed by atoms with van der Waals surface area (Å²) in [5, 5.41) is 0.860. The minimum atomic E-state index is -0.571. The number of rotatable bonds is 4. The molecule has 0 aliphatic rings. The third kappa shape index (κ3) is 3.69. The summed E-state index contributed by atoms with van der Waals surface area (Å²) in [4.78, 5) is 39.1. The number of ketones is 1. The molecule has 29 heavy (non-hydrogen) atoms. The van der Waals surface area contributed by atoms with E-state index in [-0.39, 0.29) is 12.3 Å². The third-order valence-corrected chi connectivity index (χ3v) is 5.33. The maximum atomic E-state index is 13.3. The Hall–Kier alpha value is -2.96. The van der Waals surface area contributed by atoms with Gasteiger partial charge < -0.3 is 0 Å². The first kappa shape index (κ1) is 19.4. The lowest BCUT2D eigenvalue weighted by atomic mass is 10.1. The molecule has 1 heterocycles. The number of hydrogen-bond donors (Lipinski definition) is 0. The number of aromatic nitrogens is 2. The maximum Gasteiger partial charge on any atom is 0.336 e. The molecule has 144 valence electrons. The lowest BCUT2D eigenvalue weighted by Gasteiger charge is -2.14. The Morgan fingerprint density at radius 2 is 1.62 bits per heavy atom. The Bertz CT molecular complexity index is 1340. The number of carbonyl (C=O) groups is 1. The fraction of sp³-hybridized carbons (Fsp3) is 0.0455. The van der Waals surface area contributed by atoms with Crippen LogP contribution in [-0.4, -0.2) is 14.9 Å². The van der Waals surface area contributed by atoms with Crippen LogP contribution < -0.4 is 11.2 Å². The van der Waals surface area contributed by atoms with E-state index in [0.717, 1.165) is 4.57 Å². The van der Waals surface area contributed by atoms with Crippen molar-refractivity contribution in [2.75, 3.05) is 0 Å². The summed E-state index contributed by atoms with van der Waals surface area (Å²) in [5.41, 5.74) is 0.268. The highest BCUT2D eigenvalue weighted by Gasteiger charge is 2.17. The van der Waals surface area contributed by atoms with Crippen molar-refractivity contribution in [2.24, 2.45) is 0 Å². The van der Waals surface area contributed by atoms with Crippen molar-refractivity contribution in [3.05, 3.63) is 109 Å². The van der Waals surface area contributed by atoms with Gasteiger partial charge in [0.1, 0.15) is 0 Å². The van der Waals surface area contributed by atoms with Crippen molar-refractivity contribution < 1.29 is 4.79 Å². The quantitative estimate of drug-likeness (QED) is 0.415. The van der Waals surface area contributed by atoms with Gasteiger partial charge in [-0.15, -0.1) is 0 Å². The van der Waals surface area contributed by atoms with Gasteiger partial charge in [-0.25, -0.2) is 9.36 Å². The van der Waals surface area contributed by atoms with Crippen LogP contribution in [-0.2, 0) is 6.54 Å². The van der Waals surface area contributed by atoms with Gasteiger partial charge in [0.05, 0.1) is 23.1 Å². The number of hydrogen-bond acceptors (Lipinski definition) is 3. The van der Waals surface area contributed by atoms with E-state index in [9.17, 15) is 14.4 Å². The number of Topliss-reactive ketones (excluding diaryl/α,β-unsaturated/α-hetero) is 1. The SMILES string of the molecule is O=C(Cn1c(=O)n(-c2ccccc2)c(=O)c2cc(Br)ccc21)c1ccc(Cl)cc1. The van der Waals surface area contributed by atoms with Crippen molar-refractivity contribution >= 4 is 44.2 Å². The van der Waals surface area contributed by atoms with Crippen LogP contribution in [0.25, 0.3) is 16.6 Å². The van der Waals surface area contributed by atoms with Crippen LogP contribution in [0, 0.1) is 0 Å². The molecule has 4 rings (SSSR count). The Morgan fingerprint density at radius 3 is 2.31 bits per heavy atom. The number of para-hydroxylation sites is 1. The molecule has 3 aromatic carbocycles. The molecule has 0 saturated carbocycles. The van der Waals surface area contributed by atoms with Crippen LogP contribution in [0.2, 0.25) is 5.02 Å². The molecule has 7 heteroatoms. The first-order chi connectivity index (χ1) is 14.0. The van der Waals surface area contributed by atoms with E-state index in [4.69, 9.17) is 11.6 Å². The molecule has 0 aliphatic heterocycles. The molecular weight excluding hydrogens is 456 g/mol. The summed E-state index contributed by atoms with van der Waals surface area (Å²) in [6.07, 6.45) is 0. The number of halogens is 2. The molecule has 4 aromatic rings. The first-order valence-electron chi connectivity index (χ1n) is 8.75. The molecule has 0 aliphatic carbocycles. The average molecular weight is 470 g/mol. The molecule has 0 saturated heterocycles. The van der Waals surface area contributed by atoms with Gasteiger partial charge in [0, 0.05) is 15.1 Å². The van der Waals surface area contributed by atoms with Gasteiger partial charge in [-0.3, -0.25) is 14.2 Å². The second-order valence-corrected chi connectivity index (χ2v) is 7.79. The molecule has 0 atom stereocenters. The van der Waals surface area contributed by atoms with Crippen LogP contribution >= 0.6 is 27.5 Å². The Morgan fingerprint density at radius 1 is 0.931 bits per heavy atom. The van der Waals surface area contributed by atoms with Crippen molar-refractivity contribution in [3.8, 4) is 5.69 Å². The van der Waals surface area contributed by atoms with Gasteiger partial charge in [-0.1, -0.05) is 45.7 Å². The van der Waals surface area contributed by atoms with E-state index < -0.39 is 11.2 Å². The highest BCUT2D eigenvalue weighted by molar-refractivity contribution is 9.10. The smallest absolute Gasteiger partial charge is 0.292 e. The van der Waals surface area contributed by atoms with Crippen molar-refractivity contribution in [1.82, 2.24) is 9.13 Å². The molecule has 0 spiro atoms. The predicted molar refractivity (Wildman–Crippen MR) is 117 cm³/mol. The van der Waals surface area contributed by atoms with E-state index in [1.54, 1.807) is 72.8 Å². The topological polar surface area (TPSA) is 61.1 Å². The summed E-state index contributed by atoms with van der Waals surface area (Å²) in [5.74, 6) is -0.258. The zero-order valence-electron chi connectivity index (χ0n) is 15.0. The fourth-order valence-electron chi connectivity index (χ4n) is 3.17. The Balaban J connectivity index is 1.95. The van der Waals surface area contributed by atoms with Gasteiger partial charge in [0.2, 0.25) is 0 Å². The zero-order chi connectivity index (χ0) is 20.5. The molecule has 0 amide bonds. The molecular formula is C22H14BrClN2O3. The Labute approximate surface area is 178 Å². The number of benzene rings is 3. The lowest BCUT2D eigenvalue weighted by molar-refractivity contribution is 0.0971. The van der Waals surface area contributed by atoms with E-state index in [1.807, 2.05) is 0 Å². The minimum Gasteiger partial charge on any atom is -0.292 e. The van der Waals surface area contributed by atoms with Crippen LogP contribution in [0.1, 0.15) is 10.4 Å². The molecule has 0 N–H and O–H groups in total. The number of nitrogens with zero attached hydrogens (tertiary/aromatic N) is 2. The van der Waals surface area contributed by atoms with E-state index in [2.05, 4.69) is 15.9 Å². The van der Waals surface area contributed by atoms with Gasteiger partial charge in [0.15, 0.2) is 5.78 Å². The molecule has 0 bridgehead atoms. The first-order valence-corrected chi connectivity index (χ1v) is 9.92. The van der Waals surface area contributed by atoms with Crippen molar-refractivity contribution in [3.63, 3.8) is 0 Å². The van der Waals surface area contributed by atoms with E-state index in [1.165, 1.54) is 4.57 Å². The molecule has 1 aromatic heterocycles. The molecule has 5 nitrogen and oxygen atoms in total. The molecule has 0 radical (unpaired) electrons. The molecule has 0 unspecified atom stereocenters. The van der Waals surface area contributed by atoms with Crippen LogP contribution in [0.3, 0.4) is 0 Å². The summed E-state index contributed by atoms with van der Waals surface area (Å²) in [7, 11) is 0. The van der Waals surface area contributed by atoms with Gasteiger partial charge in [0.25, 0.3) is 5.56 Å². The van der Waals surface area contributed by atoms with Gasteiger partial charge in [-0.05, 0) is 54.6 Å². The maximum absolute atomic E-state index is 13.3. The predicted octanol–water partition coefficient (Wildman–Crippen LogP) is 4.45. The van der Waals surface area contributed by atoms with E-state index in [0.29, 0.717) is 31.6 Å². The summed E-state index contributed by atoms with van der Waals surface area (Å²) < 4.78 is 3.12. The monoisotopic (exact) mass is 468 g/mol. The van der Waals surface area contributed by atoms with Crippen molar-refractivity contribution in [1.29, 1.82) is 0 Å². The van der Waals surface area contributed by atoms with Crippen LogP contribution in [0.15, 0.2) is 86.9 Å². The molecule has 0 fully saturated rings. The van der Waals surface area contributed by atoms with E-state index >= 15 is 0 Å². The Kier molecular flexibility index (Phi) is 5.22. The van der Waals surface area contributed by atoms with Gasteiger partial charge >= 0.3 is 5.69 Å². The summed E-state index contributed by atoms with van der Waals surface area (Å²) in [6.45, 7) is -0.203. The second kappa shape index (κ2) is 7.81. The van der Waals surface area contributed by atoms with Gasteiger partial charge in [-0.2, -0.15) is 0 Å². The highest BCUT2D eigenvalue weighted by atomic mass is 79.9. The normalized spacial score (nSPS) is 11.0. The standard InChI is InChI=1S/C22H14BrClN2O3/c23-15-8-11-19-18(12-15)21(28)26(17-4-2-1-3-5-17)22(29)25(19)13-20(27)14-6-9-16(24)10-7-14/h1-12H,13H2. The fourth-order valence-corrected chi connectivity index (χ4v) is 3.66. The average Bonchev–Trinajstić information content (AvgIpc) is 2.72. The highest BCUT2D eigenvalue weighted by Crippen LogP contribution is 2.18. The number of carbonyl (C=O) groups excluding carboxylic acids is 1. The zero-order valence-corrected chi connectivity index (χ0v) is 17.4. The summed E-state index contributed by atoms with van der Waals surface area (Å²) >= 11 is 9.26. The summed E-state index contributed by atoms with van der Waals surface area (Å²) in [6, 6.07) is 20.2. The van der Waals surface area contributed by atoms with Crippen LogP contribution in [0.5, 0.6) is 0 Å². The second-order valence-electron chi connectivity index (χ2n) is 6.44. The largest absolute Gasteiger partial charge is 0.336 e. The lowest BCUT2D eigenvalue weighted by Crippen LogP contribution is -2.40.